The number of hydrogen-bond acceptors (Lipinski definition) is 3. The van der Waals surface area contributed by atoms with Crippen LogP contribution in [0.1, 0.15) is 51.5 Å². The average Bonchev–Trinajstić information content (AvgIpc) is 3.15. The van der Waals surface area contributed by atoms with Gasteiger partial charge in [-0.1, -0.05) is 18.9 Å². The zero-order valence-corrected chi connectivity index (χ0v) is 13.2. The molecule has 1 aromatic carbocycles. The number of hydrogen-bond donors (Lipinski definition) is 1. The molecule has 1 unspecified atom stereocenters. The molecule has 3 heteroatoms. The Kier molecular flexibility index (Phi) is 4.69. The largest absolute Gasteiger partial charge is 0.454 e. The van der Waals surface area contributed by atoms with Crippen LogP contribution in [0.2, 0.25) is 0 Å². The van der Waals surface area contributed by atoms with E-state index in [9.17, 15) is 0 Å². The molecular weight excluding hydrogens is 262 g/mol. The van der Waals surface area contributed by atoms with Crippen LogP contribution in [0.25, 0.3) is 0 Å². The maximum Gasteiger partial charge on any atom is 0.231 e. The highest BCUT2D eigenvalue weighted by Crippen LogP contribution is 2.33. The van der Waals surface area contributed by atoms with Crippen molar-refractivity contribution in [1.29, 1.82) is 0 Å². The fourth-order valence-electron chi connectivity index (χ4n) is 3.61. The van der Waals surface area contributed by atoms with E-state index in [1.165, 1.54) is 31.2 Å². The Morgan fingerprint density at radius 2 is 1.90 bits per heavy atom. The molecule has 1 aliphatic heterocycles. The average molecular weight is 289 g/mol. The van der Waals surface area contributed by atoms with E-state index in [2.05, 4.69) is 31.3 Å². The molecule has 2 aliphatic rings. The van der Waals surface area contributed by atoms with Gasteiger partial charge >= 0.3 is 0 Å². The summed E-state index contributed by atoms with van der Waals surface area (Å²) in [5.74, 6) is 2.66. The molecule has 1 aromatic rings. The van der Waals surface area contributed by atoms with Crippen molar-refractivity contribution < 1.29 is 9.47 Å². The van der Waals surface area contributed by atoms with Gasteiger partial charge in [-0.3, -0.25) is 0 Å². The second kappa shape index (κ2) is 6.69. The molecule has 0 bridgehead atoms. The lowest BCUT2D eigenvalue weighted by molar-refractivity contribution is 0.174. The lowest BCUT2D eigenvalue weighted by atomic mass is 9.98. The molecule has 1 fully saturated rings. The van der Waals surface area contributed by atoms with Gasteiger partial charge in [-0.25, -0.2) is 0 Å². The van der Waals surface area contributed by atoms with Gasteiger partial charge in [0.05, 0.1) is 0 Å². The van der Waals surface area contributed by atoms with Gasteiger partial charge in [0.2, 0.25) is 6.79 Å². The number of benzene rings is 1. The quantitative estimate of drug-likeness (QED) is 0.861. The minimum Gasteiger partial charge on any atom is -0.454 e. The Labute approximate surface area is 128 Å². The first-order chi connectivity index (χ1) is 10.2. The first kappa shape index (κ1) is 14.7. The third kappa shape index (κ3) is 3.70. The summed E-state index contributed by atoms with van der Waals surface area (Å²) in [6, 6.07) is 7.51. The maximum atomic E-state index is 5.44. The molecular formula is C18H27NO2. The van der Waals surface area contributed by atoms with E-state index in [0.717, 1.165) is 30.3 Å². The molecule has 1 heterocycles. The van der Waals surface area contributed by atoms with E-state index in [1.54, 1.807) is 0 Å². The number of ether oxygens (including phenoxy) is 2. The monoisotopic (exact) mass is 289 g/mol. The van der Waals surface area contributed by atoms with Crippen molar-refractivity contribution in [3.8, 4) is 11.5 Å². The molecule has 21 heavy (non-hydrogen) atoms. The summed E-state index contributed by atoms with van der Waals surface area (Å²) < 4.78 is 10.8. The van der Waals surface area contributed by atoms with Crippen molar-refractivity contribution >= 4 is 0 Å². The Morgan fingerprint density at radius 3 is 2.71 bits per heavy atom. The molecule has 0 saturated heterocycles. The standard InChI is InChI=1S/C18H27NO2/c1-13(19-14(2)16-5-3-4-6-16)7-8-15-9-10-17-18(11-15)21-12-20-17/h9-11,13-14,16,19H,3-8,12H2,1-2H3/t13?,14-/m0/s1. The van der Waals surface area contributed by atoms with Crippen molar-refractivity contribution in [2.24, 2.45) is 5.92 Å². The van der Waals surface area contributed by atoms with Gasteiger partial charge in [0.25, 0.3) is 0 Å². The van der Waals surface area contributed by atoms with Crippen LogP contribution in [0.15, 0.2) is 18.2 Å². The van der Waals surface area contributed by atoms with E-state index < -0.39 is 0 Å². The van der Waals surface area contributed by atoms with Crippen LogP contribution in [0.4, 0.5) is 0 Å². The Morgan fingerprint density at radius 1 is 1.14 bits per heavy atom. The second-order valence-corrected chi connectivity index (χ2v) is 6.63. The molecule has 0 aromatic heterocycles. The molecule has 2 atom stereocenters. The van der Waals surface area contributed by atoms with E-state index >= 15 is 0 Å². The van der Waals surface area contributed by atoms with Crippen LogP contribution in [0.5, 0.6) is 11.5 Å². The molecule has 1 N–H and O–H groups in total. The van der Waals surface area contributed by atoms with Crippen LogP contribution in [-0.4, -0.2) is 18.9 Å². The molecule has 1 saturated carbocycles. The summed E-state index contributed by atoms with van der Waals surface area (Å²) in [4.78, 5) is 0. The minimum absolute atomic E-state index is 0.357. The summed E-state index contributed by atoms with van der Waals surface area (Å²) in [7, 11) is 0. The van der Waals surface area contributed by atoms with Gasteiger partial charge in [-0.2, -0.15) is 0 Å². The molecule has 1 aliphatic carbocycles. The van der Waals surface area contributed by atoms with Crippen LogP contribution >= 0.6 is 0 Å². The molecule has 0 amide bonds. The summed E-state index contributed by atoms with van der Waals surface area (Å²) >= 11 is 0. The Hall–Kier alpha value is -1.22. The Bertz CT molecular complexity index is 468. The van der Waals surface area contributed by atoms with Gasteiger partial charge in [-0.05, 0) is 63.1 Å². The Balaban J connectivity index is 1.45. The SMILES string of the molecule is CC(CCc1ccc2c(c1)OCO2)N[C@@H](C)C1CCCC1. The van der Waals surface area contributed by atoms with Gasteiger partial charge in [0.1, 0.15) is 0 Å². The van der Waals surface area contributed by atoms with E-state index in [1.807, 2.05) is 6.07 Å². The third-order valence-electron chi connectivity index (χ3n) is 4.96. The molecule has 3 rings (SSSR count). The normalized spacial score (nSPS) is 20.7. The van der Waals surface area contributed by atoms with E-state index in [-0.39, 0.29) is 0 Å². The summed E-state index contributed by atoms with van der Waals surface area (Å²) in [6.45, 7) is 5.02. The molecule has 0 radical (unpaired) electrons. The van der Waals surface area contributed by atoms with Crippen molar-refractivity contribution in [3.63, 3.8) is 0 Å². The van der Waals surface area contributed by atoms with Crippen LogP contribution in [0.3, 0.4) is 0 Å². The van der Waals surface area contributed by atoms with E-state index in [4.69, 9.17) is 9.47 Å². The lowest BCUT2D eigenvalue weighted by Gasteiger charge is -2.25. The van der Waals surface area contributed by atoms with Gasteiger partial charge in [0, 0.05) is 12.1 Å². The first-order valence-corrected chi connectivity index (χ1v) is 8.37. The van der Waals surface area contributed by atoms with E-state index in [0.29, 0.717) is 18.9 Å². The lowest BCUT2D eigenvalue weighted by Crippen LogP contribution is -2.38. The van der Waals surface area contributed by atoms with Crippen LogP contribution in [-0.2, 0) is 6.42 Å². The summed E-state index contributed by atoms with van der Waals surface area (Å²) in [5.41, 5.74) is 1.33. The number of rotatable bonds is 6. The summed E-state index contributed by atoms with van der Waals surface area (Å²) in [6.07, 6.45) is 7.90. The predicted molar refractivity (Wildman–Crippen MR) is 84.9 cm³/mol. The van der Waals surface area contributed by atoms with Crippen molar-refractivity contribution in [3.05, 3.63) is 23.8 Å². The smallest absolute Gasteiger partial charge is 0.231 e. The fraction of sp³-hybridized carbons (Fsp3) is 0.667. The summed E-state index contributed by atoms with van der Waals surface area (Å²) in [5, 5.41) is 3.79. The van der Waals surface area contributed by atoms with Crippen LogP contribution < -0.4 is 14.8 Å². The minimum atomic E-state index is 0.357. The van der Waals surface area contributed by atoms with Gasteiger partial charge in [0.15, 0.2) is 11.5 Å². The topological polar surface area (TPSA) is 30.5 Å². The molecule has 0 spiro atoms. The molecule has 3 nitrogen and oxygen atoms in total. The molecule has 116 valence electrons. The highest BCUT2D eigenvalue weighted by Gasteiger charge is 2.22. The maximum absolute atomic E-state index is 5.44. The predicted octanol–water partition coefficient (Wildman–Crippen LogP) is 3.90. The van der Waals surface area contributed by atoms with Crippen molar-refractivity contribution in [2.45, 2.75) is 64.5 Å². The highest BCUT2D eigenvalue weighted by atomic mass is 16.7. The number of aryl methyl sites for hydroxylation is 1. The zero-order chi connectivity index (χ0) is 14.7. The van der Waals surface area contributed by atoms with Gasteiger partial charge < -0.3 is 14.8 Å². The van der Waals surface area contributed by atoms with Crippen molar-refractivity contribution in [1.82, 2.24) is 5.32 Å². The van der Waals surface area contributed by atoms with Crippen molar-refractivity contribution in [2.75, 3.05) is 6.79 Å². The third-order valence-corrected chi connectivity index (χ3v) is 4.96. The van der Waals surface area contributed by atoms with Crippen LogP contribution in [0, 0.1) is 5.92 Å². The second-order valence-electron chi connectivity index (χ2n) is 6.63. The fourth-order valence-corrected chi connectivity index (χ4v) is 3.61. The van der Waals surface area contributed by atoms with Gasteiger partial charge in [-0.15, -0.1) is 0 Å². The highest BCUT2D eigenvalue weighted by molar-refractivity contribution is 5.44. The number of nitrogens with one attached hydrogen (secondary N) is 1. The first-order valence-electron chi connectivity index (χ1n) is 8.37. The zero-order valence-electron chi connectivity index (χ0n) is 13.2. The number of fused-ring (bicyclic) bond motifs is 1.